The maximum atomic E-state index is 12.8. The molecule has 8 nitrogen and oxygen atoms in total. The largest absolute Gasteiger partial charge is 0.497 e. The lowest BCUT2D eigenvalue weighted by Gasteiger charge is -2.12. The van der Waals surface area contributed by atoms with Crippen LogP contribution in [0.5, 0.6) is 5.75 Å². The van der Waals surface area contributed by atoms with E-state index in [2.05, 4.69) is 15.3 Å². The molecule has 0 atom stereocenters. The van der Waals surface area contributed by atoms with Gasteiger partial charge < -0.3 is 10.1 Å². The average Bonchev–Trinajstić information content (AvgIpc) is 2.79. The number of nitrogens with one attached hydrogen (secondary N) is 2. The molecule has 2 N–H and O–H groups in total. The summed E-state index contributed by atoms with van der Waals surface area (Å²) in [7, 11) is 1.56. The SMILES string of the molecule is COc1ccc(NC(=O)c2cc3c(=O)[nH]c(=O)n(CCc4ccccc4)c3nc2C)cc1. The predicted molar refractivity (Wildman–Crippen MR) is 122 cm³/mol. The molecule has 0 aliphatic rings. The van der Waals surface area contributed by atoms with Crippen LogP contribution in [0.2, 0.25) is 0 Å². The van der Waals surface area contributed by atoms with Crippen molar-refractivity contribution in [1.29, 1.82) is 0 Å². The highest BCUT2D eigenvalue weighted by molar-refractivity contribution is 6.06. The van der Waals surface area contributed by atoms with Crippen molar-refractivity contribution in [3.05, 3.63) is 98.3 Å². The number of anilines is 1. The van der Waals surface area contributed by atoms with Crippen LogP contribution in [0.15, 0.2) is 70.3 Å². The van der Waals surface area contributed by atoms with Gasteiger partial charge in [-0.1, -0.05) is 30.3 Å². The van der Waals surface area contributed by atoms with E-state index in [1.807, 2.05) is 30.3 Å². The molecule has 0 radical (unpaired) electrons. The fraction of sp³-hybridized carbons (Fsp3) is 0.167. The molecule has 2 aromatic carbocycles. The summed E-state index contributed by atoms with van der Waals surface area (Å²) in [5.74, 6) is 0.273. The highest BCUT2D eigenvalue weighted by Gasteiger charge is 2.17. The highest BCUT2D eigenvalue weighted by atomic mass is 16.5. The van der Waals surface area contributed by atoms with Crippen LogP contribution in [0.4, 0.5) is 5.69 Å². The molecule has 4 rings (SSSR count). The van der Waals surface area contributed by atoms with Crippen LogP contribution < -0.4 is 21.3 Å². The molecule has 0 aliphatic heterocycles. The monoisotopic (exact) mass is 430 g/mol. The van der Waals surface area contributed by atoms with E-state index >= 15 is 0 Å². The zero-order chi connectivity index (χ0) is 22.7. The number of nitrogens with zero attached hydrogens (tertiary/aromatic N) is 2. The van der Waals surface area contributed by atoms with Crippen molar-refractivity contribution in [1.82, 2.24) is 14.5 Å². The number of aromatic nitrogens is 3. The fourth-order valence-corrected chi connectivity index (χ4v) is 3.49. The van der Waals surface area contributed by atoms with Crippen LogP contribution in [0.3, 0.4) is 0 Å². The molecule has 0 spiro atoms. The van der Waals surface area contributed by atoms with E-state index in [9.17, 15) is 14.4 Å². The second-order valence-electron chi connectivity index (χ2n) is 7.32. The lowest BCUT2D eigenvalue weighted by Crippen LogP contribution is -2.32. The number of pyridine rings is 1. The number of hydrogen-bond acceptors (Lipinski definition) is 5. The molecule has 32 heavy (non-hydrogen) atoms. The quantitative estimate of drug-likeness (QED) is 0.489. The molecule has 0 aliphatic carbocycles. The average molecular weight is 430 g/mol. The first-order chi connectivity index (χ1) is 15.5. The van der Waals surface area contributed by atoms with E-state index < -0.39 is 17.2 Å². The normalized spacial score (nSPS) is 10.8. The van der Waals surface area contributed by atoms with Gasteiger partial charge in [0, 0.05) is 12.2 Å². The molecule has 1 amide bonds. The van der Waals surface area contributed by atoms with Crippen molar-refractivity contribution in [3.8, 4) is 5.75 Å². The van der Waals surface area contributed by atoms with Crippen molar-refractivity contribution in [2.45, 2.75) is 19.9 Å². The zero-order valence-electron chi connectivity index (χ0n) is 17.7. The summed E-state index contributed by atoms with van der Waals surface area (Å²) in [6.45, 7) is 2.02. The molecule has 0 saturated heterocycles. The Morgan fingerprint density at radius 3 is 2.50 bits per heavy atom. The number of methoxy groups -OCH3 is 1. The Bertz CT molecular complexity index is 1390. The highest BCUT2D eigenvalue weighted by Crippen LogP contribution is 2.18. The van der Waals surface area contributed by atoms with Crippen LogP contribution >= 0.6 is 0 Å². The second-order valence-corrected chi connectivity index (χ2v) is 7.32. The minimum absolute atomic E-state index is 0.183. The number of H-pyrrole nitrogens is 1. The number of rotatable bonds is 6. The molecule has 0 saturated carbocycles. The Balaban J connectivity index is 1.68. The molecule has 2 aromatic heterocycles. The van der Waals surface area contributed by atoms with E-state index in [-0.39, 0.29) is 16.6 Å². The van der Waals surface area contributed by atoms with Gasteiger partial charge in [-0.25, -0.2) is 9.78 Å². The van der Waals surface area contributed by atoms with Gasteiger partial charge in [0.1, 0.15) is 11.4 Å². The van der Waals surface area contributed by atoms with Gasteiger partial charge in [-0.3, -0.25) is 19.1 Å². The minimum atomic E-state index is -0.577. The first kappa shape index (κ1) is 21.0. The lowest BCUT2D eigenvalue weighted by molar-refractivity contribution is 0.102. The van der Waals surface area contributed by atoms with Gasteiger partial charge in [-0.05, 0) is 49.2 Å². The molecule has 0 fully saturated rings. The fourth-order valence-electron chi connectivity index (χ4n) is 3.49. The summed E-state index contributed by atoms with van der Waals surface area (Å²) in [6.07, 6.45) is 0.600. The molecule has 4 aromatic rings. The number of carbonyl (C=O) groups excluding carboxylic acids is 1. The molecule has 162 valence electrons. The van der Waals surface area contributed by atoms with Gasteiger partial charge >= 0.3 is 5.69 Å². The predicted octanol–water partition coefficient (Wildman–Crippen LogP) is 2.90. The molecular weight excluding hydrogens is 408 g/mol. The van der Waals surface area contributed by atoms with Gasteiger partial charge in [0.25, 0.3) is 11.5 Å². The molecular formula is C24H22N4O4. The summed E-state index contributed by atoms with van der Waals surface area (Å²) in [6, 6.07) is 18.1. The Labute approximate surface area is 183 Å². The summed E-state index contributed by atoms with van der Waals surface area (Å²) in [4.78, 5) is 44.6. The summed E-state index contributed by atoms with van der Waals surface area (Å²) in [5, 5.41) is 2.98. The summed E-state index contributed by atoms with van der Waals surface area (Å²) in [5.41, 5.74) is 1.47. The van der Waals surface area contributed by atoms with Crippen LogP contribution in [0.25, 0.3) is 11.0 Å². The van der Waals surface area contributed by atoms with Gasteiger partial charge in [-0.2, -0.15) is 0 Å². The number of hydrogen-bond donors (Lipinski definition) is 2. The van der Waals surface area contributed by atoms with Gasteiger partial charge in [0.2, 0.25) is 0 Å². The molecule has 0 bridgehead atoms. The van der Waals surface area contributed by atoms with Crippen molar-refractivity contribution >= 4 is 22.6 Å². The van der Waals surface area contributed by atoms with Crippen molar-refractivity contribution in [3.63, 3.8) is 0 Å². The first-order valence-corrected chi connectivity index (χ1v) is 10.1. The topological polar surface area (TPSA) is 106 Å². The number of fused-ring (bicyclic) bond motifs is 1. The zero-order valence-corrected chi connectivity index (χ0v) is 17.7. The molecule has 0 unspecified atom stereocenters. The Morgan fingerprint density at radius 2 is 1.81 bits per heavy atom. The second kappa shape index (κ2) is 8.89. The number of ether oxygens (including phenoxy) is 1. The third-order valence-electron chi connectivity index (χ3n) is 5.22. The molecule has 8 heteroatoms. The number of aromatic amines is 1. The number of benzene rings is 2. The van der Waals surface area contributed by atoms with Crippen LogP contribution in [-0.4, -0.2) is 27.6 Å². The van der Waals surface area contributed by atoms with E-state index in [0.29, 0.717) is 30.1 Å². The van der Waals surface area contributed by atoms with Gasteiger partial charge in [0.15, 0.2) is 0 Å². The smallest absolute Gasteiger partial charge is 0.330 e. The molecule has 2 heterocycles. The number of carbonyl (C=O) groups is 1. The maximum absolute atomic E-state index is 12.8. The van der Waals surface area contributed by atoms with Crippen molar-refractivity contribution in [2.75, 3.05) is 12.4 Å². The van der Waals surface area contributed by atoms with Crippen LogP contribution in [0, 0.1) is 6.92 Å². The Hall–Kier alpha value is -4.20. The van der Waals surface area contributed by atoms with E-state index in [1.54, 1.807) is 38.3 Å². The van der Waals surface area contributed by atoms with E-state index in [1.165, 1.54) is 10.6 Å². The summed E-state index contributed by atoms with van der Waals surface area (Å²) < 4.78 is 6.55. The van der Waals surface area contributed by atoms with Crippen LogP contribution in [-0.2, 0) is 13.0 Å². The van der Waals surface area contributed by atoms with Gasteiger partial charge in [0.05, 0.1) is 23.8 Å². The number of aryl methyl sites for hydroxylation is 3. The van der Waals surface area contributed by atoms with Crippen molar-refractivity contribution in [2.24, 2.45) is 0 Å². The maximum Gasteiger partial charge on any atom is 0.330 e. The minimum Gasteiger partial charge on any atom is -0.497 e. The third-order valence-corrected chi connectivity index (χ3v) is 5.22. The Kier molecular flexibility index (Phi) is 5.85. The van der Waals surface area contributed by atoms with Crippen molar-refractivity contribution < 1.29 is 9.53 Å². The van der Waals surface area contributed by atoms with Crippen LogP contribution in [0.1, 0.15) is 21.6 Å². The summed E-state index contributed by atoms with van der Waals surface area (Å²) >= 11 is 0. The van der Waals surface area contributed by atoms with E-state index in [4.69, 9.17) is 4.74 Å². The van der Waals surface area contributed by atoms with Gasteiger partial charge in [-0.15, -0.1) is 0 Å². The standard InChI is InChI=1S/C24H22N4O4/c1-15-19(22(29)26-17-8-10-18(32-2)11-9-17)14-20-21(25-15)28(24(31)27-23(20)30)13-12-16-6-4-3-5-7-16/h3-11,14H,12-13H2,1-2H3,(H,26,29)(H,27,30,31). The lowest BCUT2D eigenvalue weighted by atomic mass is 10.1. The van der Waals surface area contributed by atoms with E-state index in [0.717, 1.165) is 5.56 Å². The third kappa shape index (κ3) is 4.29. The first-order valence-electron chi connectivity index (χ1n) is 10.1. The number of amides is 1. The Morgan fingerprint density at radius 1 is 1.09 bits per heavy atom.